The van der Waals surface area contributed by atoms with E-state index in [1.807, 2.05) is 0 Å². The second-order valence-corrected chi connectivity index (χ2v) is 5.93. The van der Waals surface area contributed by atoms with Crippen molar-refractivity contribution in [2.45, 2.75) is 19.4 Å². The van der Waals surface area contributed by atoms with Crippen molar-refractivity contribution in [2.24, 2.45) is 0 Å². The predicted octanol–water partition coefficient (Wildman–Crippen LogP) is 1.43. The van der Waals surface area contributed by atoms with E-state index >= 15 is 0 Å². The number of benzene rings is 1. The van der Waals surface area contributed by atoms with Gasteiger partial charge in [0.15, 0.2) is 6.61 Å². The van der Waals surface area contributed by atoms with E-state index in [0.717, 1.165) is 26.3 Å². The van der Waals surface area contributed by atoms with E-state index in [1.165, 1.54) is 12.1 Å². The van der Waals surface area contributed by atoms with Gasteiger partial charge in [-0.15, -0.1) is 0 Å². The molecule has 22 heavy (non-hydrogen) atoms. The first-order valence-electron chi connectivity index (χ1n) is 7.45. The highest BCUT2D eigenvalue weighted by molar-refractivity contribution is 5.77. The standard InChI is InChI=1S/C16H23FN2O3/c1-16(2,19-6-8-21-9-7-19)12-18-15(20)11-22-14-5-3-4-13(17)10-14/h3-5,10H,6-9,11-12H2,1-2H3,(H,18,20). The van der Waals surface area contributed by atoms with Crippen molar-refractivity contribution >= 4 is 5.91 Å². The first-order valence-corrected chi connectivity index (χ1v) is 7.45. The van der Waals surface area contributed by atoms with Crippen LogP contribution < -0.4 is 10.1 Å². The van der Waals surface area contributed by atoms with Crippen LogP contribution in [-0.2, 0) is 9.53 Å². The lowest BCUT2D eigenvalue weighted by atomic mass is 10.0. The fraction of sp³-hybridized carbons (Fsp3) is 0.562. The van der Waals surface area contributed by atoms with Crippen LogP contribution in [0.4, 0.5) is 4.39 Å². The highest BCUT2D eigenvalue weighted by atomic mass is 19.1. The maximum atomic E-state index is 13.0. The van der Waals surface area contributed by atoms with Gasteiger partial charge in [-0.05, 0) is 26.0 Å². The first-order chi connectivity index (χ1) is 10.5. The molecule has 0 unspecified atom stereocenters. The van der Waals surface area contributed by atoms with Crippen LogP contribution in [0.5, 0.6) is 5.75 Å². The molecule has 0 bridgehead atoms. The summed E-state index contributed by atoms with van der Waals surface area (Å²) >= 11 is 0. The number of amides is 1. The van der Waals surface area contributed by atoms with Crippen LogP contribution in [-0.4, -0.2) is 55.8 Å². The van der Waals surface area contributed by atoms with Gasteiger partial charge in [-0.25, -0.2) is 4.39 Å². The zero-order valence-electron chi connectivity index (χ0n) is 13.1. The molecular weight excluding hydrogens is 287 g/mol. The summed E-state index contributed by atoms with van der Waals surface area (Å²) in [7, 11) is 0. The number of hydrogen-bond acceptors (Lipinski definition) is 4. The molecule has 122 valence electrons. The largest absolute Gasteiger partial charge is 0.484 e. The average Bonchev–Trinajstić information content (AvgIpc) is 2.52. The maximum Gasteiger partial charge on any atom is 0.258 e. The molecule has 1 saturated heterocycles. The van der Waals surface area contributed by atoms with Crippen LogP contribution >= 0.6 is 0 Å². The minimum Gasteiger partial charge on any atom is -0.484 e. The second-order valence-electron chi connectivity index (χ2n) is 5.93. The Hall–Kier alpha value is -1.66. The number of halogens is 1. The Kier molecular flexibility index (Phi) is 5.74. The molecule has 1 N–H and O–H groups in total. The van der Waals surface area contributed by atoms with E-state index in [0.29, 0.717) is 12.3 Å². The summed E-state index contributed by atoms with van der Waals surface area (Å²) < 4.78 is 23.6. The van der Waals surface area contributed by atoms with Gasteiger partial charge < -0.3 is 14.8 Å². The summed E-state index contributed by atoms with van der Waals surface area (Å²) in [6.07, 6.45) is 0. The fourth-order valence-electron chi connectivity index (χ4n) is 2.35. The molecule has 1 aromatic rings. The molecule has 0 atom stereocenters. The smallest absolute Gasteiger partial charge is 0.258 e. The van der Waals surface area contributed by atoms with Crippen molar-refractivity contribution in [1.29, 1.82) is 0 Å². The first kappa shape index (κ1) is 16.7. The zero-order chi connectivity index (χ0) is 16.0. The third-order valence-corrected chi connectivity index (χ3v) is 3.75. The van der Waals surface area contributed by atoms with Crippen molar-refractivity contribution in [3.05, 3.63) is 30.1 Å². The van der Waals surface area contributed by atoms with Gasteiger partial charge in [0.2, 0.25) is 0 Å². The lowest BCUT2D eigenvalue weighted by molar-refractivity contribution is -0.123. The number of carbonyl (C=O) groups excluding carboxylic acids is 1. The number of morpholine rings is 1. The molecule has 1 aliphatic rings. The minimum absolute atomic E-state index is 0.122. The third-order valence-electron chi connectivity index (χ3n) is 3.75. The van der Waals surface area contributed by atoms with Crippen molar-refractivity contribution in [2.75, 3.05) is 39.5 Å². The Morgan fingerprint density at radius 3 is 2.82 bits per heavy atom. The summed E-state index contributed by atoms with van der Waals surface area (Å²) in [6.45, 7) is 7.75. The number of rotatable bonds is 6. The molecule has 1 aliphatic heterocycles. The summed E-state index contributed by atoms with van der Waals surface area (Å²) in [4.78, 5) is 14.2. The van der Waals surface area contributed by atoms with Crippen molar-refractivity contribution in [3.63, 3.8) is 0 Å². The van der Waals surface area contributed by atoms with Gasteiger partial charge in [0.1, 0.15) is 11.6 Å². The Morgan fingerprint density at radius 1 is 1.41 bits per heavy atom. The van der Waals surface area contributed by atoms with Gasteiger partial charge in [0.05, 0.1) is 13.2 Å². The van der Waals surface area contributed by atoms with E-state index in [9.17, 15) is 9.18 Å². The lowest BCUT2D eigenvalue weighted by Crippen LogP contribution is -2.55. The van der Waals surface area contributed by atoms with E-state index in [4.69, 9.17) is 9.47 Å². The highest BCUT2D eigenvalue weighted by Gasteiger charge is 2.28. The van der Waals surface area contributed by atoms with Crippen molar-refractivity contribution < 1.29 is 18.7 Å². The van der Waals surface area contributed by atoms with Crippen LogP contribution in [0.3, 0.4) is 0 Å². The molecule has 0 radical (unpaired) electrons. The van der Waals surface area contributed by atoms with Crippen LogP contribution in [0.15, 0.2) is 24.3 Å². The fourth-order valence-corrected chi connectivity index (χ4v) is 2.35. The number of nitrogens with one attached hydrogen (secondary N) is 1. The predicted molar refractivity (Wildman–Crippen MR) is 81.4 cm³/mol. The molecule has 1 amide bonds. The number of ether oxygens (including phenoxy) is 2. The van der Waals surface area contributed by atoms with E-state index in [1.54, 1.807) is 12.1 Å². The topological polar surface area (TPSA) is 50.8 Å². The monoisotopic (exact) mass is 310 g/mol. The molecule has 5 nitrogen and oxygen atoms in total. The van der Waals surface area contributed by atoms with Gasteiger partial charge in [-0.3, -0.25) is 9.69 Å². The van der Waals surface area contributed by atoms with E-state index in [-0.39, 0.29) is 23.9 Å². The molecule has 0 saturated carbocycles. The Labute approximate surface area is 130 Å². The van der Waals surface area contributed by atoms with Gasteiger partial charge in [-0.1, -0.05) is 6.07 Å². The Balaban J connectivity index is 1.74. The maximum absolute atomic E-state index is 13.0. The number of nitrogens with zero attached hydrogens (tertiary/aromatic N) is 1. The van der Waals surface area contributed by atoms with Crippen LogP contribution in [0.25, 0.3) is 0 Å². The normalized spacial score (nSPS) is 16.3. The highest BCUT2D eigenvalue weighted by Crippen LogP contribution is 2.15. The van der Waals surface area contributed by atoms with Crippen LogP contribution in [0, 0.1) is 5.82 Å². The van der Waals surface area contributed by atoms with Crippen molar-refractivity contribution in [3.8, 4) is 5.75 Å². The summed E-state index contributed by atoms with van der Waals surface area (Å²) in [5.41, 5.74) is -0.141. The summed E-state index contributed by atoms with van der Waals surface area (Å²) in [6, 6.07) is 5.75. The molecule has 1 heterocycles. The molecule has 1 aromatic carbocycles. The number of carbonyl (C=O) groups is 1. The summed E-state index contributed by atoms with van der Waals surface area (Å²) in [5, 5.41) is 2.86. The Morgan fingerprint density at radius 2 is 2.14 bits per heavy atom. The molecule has 1 fully saturated rings. The quantitative estimate of drug-likeness (QED) is 0.864. The van der Waals surface area contributed by atoms with Crippen molar-refractivity contribution in [1.82, 2.24) is 10.2 Å². The molecule has 0 aromatic heterocycles. The second kappa shape index (κ2) is 7.56. The Bertz CT molecular complexity index is 502. The minimum atomic E-state index is -0.383. The van der Waals surface area contributed by atoms with Crippen LogP contribution in [0.1, 0.15) is 13.8 Å². The third kappa shape index (κ3) is 4.96. The summed E-state index contributed by atoms with van der Waals surface area (Å²) in [5.74, 6) is -0.250. The van der Waals surface area contributed by atoms with E-state index in [2.05, 4.69) is 24.1 Å². The zero-order valence-corrected chi connectivity index (χ0v) is 13.1. The molecule has 0 aliphatic carbocycles. The van der Waals surface area contributed by atoms with Gasteiger partial charge >= 0.3 is 0 Å². The van der Waals surface area contributed by atoms with Gasteiger partial charge in [-0.2, -0.15) is 0 Å². The van der Waals surface area contributed by atoms with Gasteiger partial charge in [0, 0.05) is 31.2 Å². The molecular formula is C16H23FN2O3. The van der Waals surface area contributed by atoms with E-state index < -0.39 is 0 Å². The average molecular weight is 310 g/mol. The van der Waals surface area contributed by atoms with Crippen LogP contribution in [0.2, 0.25) is 0 Å². The van der Waals surface area contributed by atoms with Gasteiger partial charge in [0.25, 0.3) is 5.91 Å². The number of hydrogen-bond donors (Lipinski definition) is 1. The lowest BCUT2D eigenvalue weighted by Gasteiger charge is -2.40. The molecule has 6 heteroatoms. The molecule has 2 rings (SSSR count). The SMILES string of the molecule is CC(C)(CNC(=O)COc1cccc(F)c1)N1CCOCC1. The molecule has 0 spiro atoms.